The van der Waals surface area contributed by atoms with Crippen molar-refractivity contribution in [3.63, 3.8) is 0 Å². The molecule has 1 aromatic rings. The van der Waals surface area contributed by atoms with Gasteiger partial charge < -0.3 is 4.90 Å². The third-order valence-corrected chi connectivity index (χ3v) is 4.69. The van der Waals surface area contributed by atoms with E-state index in [4.69, 9.17) is 0 Å². The second-order valence-electron chi connectivity index (χ2n) is 6.17. The highest BCUT2D eigenvalue weighted by molar-refractivity contribution is 5.96. The minimum Gasteiger partial charge on any atom is -0.301 e. The zero-order valence-electron chi connectivity index (χ0n) is 12.4. The molecule has 1 unspecified atom stereocenters. The molecular formula is C17H23FN2O. The lowest BCUT2D eigenvalue weighted by atomic mass is 10.1. The molecule has 21 heavy (non-hydrogen) atoms. The maximum Gasteiger partial charge on any atom is 0.164 e. The Balaban J connectivity index is 1.53. The van der Waals surface area contributed by atoms with Gasteiger partial charge in [-0.3, -0.25) is 9.69 Å². The van der Waals surface area contributed by atoms with Crippen LogP contribution in [0.4, 0.5) is 4.39 Å². The summed E-state index contributed by atoms with van der Waals surface area (Å²) in [5.74, 6) is -0.292. The van der Waals surface area contributed by atoms with Gasteiger partial charge in [0, 0.05) is 31.1 Å². The molecule has 3 nitrogen and oxygen atoms in total. The molecule has 0 bridgehead atoms. The number of carbonyl (C=O) groups excluding carboxylic acids is 1. The molecule has 2 heterocycles. The van der Waals surface area contributed by atoms with Crippen molar-refractivity contribution in [3.8, 4) is 0 Å². The molecule has 4 heteroatoms. The standard InChI is InChI=1S/C17H23FN2O/c18-15-5-1-4-14(12-15)17(21)7-11-19-8-3-10-20-9-2-6-16(20)13-19/h1,4-5,12,16H,2-3,6-11,13H2. The van der Waals surface area contributed by atoms with Crippen molar-refractivity contribution in [1.29, 1.82) is 0 Å². The molecule has 1 atom stereocenters. The van der Waals surface area contributed by atoms with E-state index in [1.807, 2.05) is 0 Å². The van der Waals surface area contributed by atoms with Gasteiger partial charge in [0.05, 0.1) is 0 Å². The summed E-state index contributed by atoms with van der Waals surface area (Å²) in [6, 6.07) is 6.69. The largest absolute Gasteiger partial charge is 0.301 e. The molecule has 114 valence electrons. The van der Waals surface area contributed by atoms with E-state index in [9.17, 15) is 9.18 Å². The number of rotatable bonds is 4. The third kappa shape index (κ3) is 3.69. The fourth-order valence-corrected chi connectivity index (χ4v) is 3.55. The van der Waals surface area contributed by atoms with Crippen LogP contribution in [0.15, 0.2) is 24.3 Å². The summed E-state index contributed by atoms with van der Waals surface area (Å²) in [7, 11) is 0. The van der Waals surface area contributed by atoms with Crippen LogP contribution >= 0.6 is 0 Å². The van der Waals surface area contributed by atoms with Crippen molar-refractivity contribution in [3.05, 3.63) is 35.6 Å². The van der Waals surface area contributed by atoms with Gasteiger partial charge in [-0.2, -0.15) is 0 Å². The van der Waals surface area contributed by atoms with Crippen molar-refractivity contribution in [1.82, 2.24) is 9.80 Å². The van der Waals surface area contributed by atoms with Crippen LogP contribution in [0.2, 0.25) is 0 Å². The zero-order chi connectivity index (χ0) is 14.7. The number of carbonyl (C=O) groups is 1. The van der Waals surface area contributed by atoms with E-state index < -0.39 is 0 Å². The number of fused-ring (bicyclic) bond motifs is 1. The molecule has 0 N–H and O–H groups in total. The number of halogens is 1. The third-order valence-electron chi connectivity index (χ3n) is 4.69. The highest BCUT2D eigenvalue weighted by Crippen LogP contribution is 2.21. The summed E-state index contributed by atoms with van der Waals surface area (Å²) in [6.07, 6.45) is 4.26. The first-order valence-electron chi connectivity index (χ1n) is 7.97. The van der Waals surface area contributed by atoms with Gasteiger partial charge >= 0.3 is 0 Å². The van der Waals surface area contributed by atoms with Crippen molar-refractivity contribution in [2.24, 2.45) is 0 Å². The van der Waals surface area contributed by atoms with Crippen LogP contribution in [0.25, 0.3) is 0 Å². The fourth-order valence-electron chi connectivity index (χ4n) is 3.55. The molecule has 0 saturated carbocycles. The minimum atomic E-state index is -0.336. The first-order chi connectivity index (χ1) is 10.2. The molecule has 2 aliphatic rings. The van der Waals surface area contributed by atoms with Crippen LogP contribution in [0.1, 0.15) is 36.0 Å². The molecule has 2 fully saturated rings. The number of hydrogen-bond acceptors (Lipinski definition) is 3. The Morgan fingerprint density at radius 2 is 2.10 bits per heavy atom. The lowest BCUT2D eigenvalue weighted by Crippen LogP contribution is -2.37. The number of hydrogen-bond donors (Lipinski definition) is 0. The Morgan fingerprint density at radius 3 is 2.95 bits per heavy atom. The first kappa shape index (κ1) is 14.7. The normalized spacial score (nSPS) is 23.8. The molecule has 3 rings (SSSR count). The lowest BCUT2D eigenvalue weighted by molar-refractivity contribution is 0.0961. The smallest absolute Gasteiger partial charge is 0.164 e. The Morgan fingerprint density at radius 1 is 1.24 bits per heavy atom. The predicted molar refractivity (Wildman–Crippen MR) is 81.0 cm³/mol. The van der Waals surface area contributed by atoms with E-state index in [0.717, 1.165) is 19.6 Å². The molecule has 0 amide bonds. The first-order valence-corrected chi connectivity index (χ1v) is 7.97. The summed E-state index contributed by atoms with van der Waals surface area (Å²) in [5.41, 5.74) is 0.493. The van der Waals surface area contributed by atoms with Crippen molar-refractivity contribution in [2.45, 2.75) is 31.7 Å². The van der Waals surface area contributed by atoms with Crippen molar-refractivity contribution < 1.29 is 9.18 Å². The summed E-state index contributed by atoms with van der Waals surface area (Å²) in [5, 5.41) is 0. The maximum atomic E-state index is 13.2. The van der Waals surface area contributed by atoms with E-state index in [-0.39, 0.29) is 11.6 Å². The fraction of sp³-hybridized carbons (Fsp3) is 0.588. The van der Waals surface area contributed by atoms with Crippen molar-refractivity contribution in [2.75, 3.05) is 32.7 Å². The molecule has 1 aromatic carbocycles. The predicted octanol–water partition coefficient (Wildman–Crippen LogP) is 2.57. The monoisotopic (exact) mass is 290 g/mol. The Labute approximate surface area is 125 Å². The van der Waals surface area contributed by atoms with Crippen LogP contribution in [0.5, 0.6) is 0 Å². The average molecular weight is 290 g/mol. The van der Waals surface area contributed by atoms with Crippen LogP contribution in [0.3, 0.4) is 0 Å². The van der Waals surface area contributed by atoms with Gasteiger partial charge in [0.1, 0.15) is 5.82 Å². The molecular weight excluding hydrogens is 267 g/mol. The van der Waals surface area contributed by atoms with Gasteiger partial charge in [0.25, 0.3) is 0 Å². The van der Waals surface area contributed by atoms with Gasteiger partial charge in [0.2, 0.25) is 0 Å². The molecule has 0 radical (unpaired) electrons. The minimum absolute atomic E-state index is 0.0435. The van der Waals surface area contributed by atoms with Gasteiger partial charge in [-0.25, -0.2) is 4.39 Å². The summed E-state index contributed by atoms with van der Waals surface area (Å²) in [4.78, 5) is 17.2. The van der Waals surface area contributed by atoms with Crippen LogP contribution in [0, 0.1) is 5.82 Å². The highest BCUT2D eigenvalue weighted by atomic mass is 19.1. The van der Waals surface area contributed by atoms with E-state index in [1.165, 1.54) is 44.5 Å². The number of nitrogens with zero attached hydrogens (tertiary/aromatic N) is 2. The second-order valence-corrected chi connectivity index (χ2v) is 6.17. The van der Waals surface area contributed by atoms with Crippen molar-refractivity contribution >= 4 is 5.78 Å². The topological polar surface area (TPSA) is 23.6 Å². The van der Waals surface area contributed by atoms with E-state index in [2.05, 4.69) is 9.80 Å². The summed E-state index contributed by atoms with van der Waals surface area (Å²) < 4.78 is 13.2. The van der Waals surface area contributed by atoms with E-state index in [1.54, 1.807) is 12.1 Å². The Kier molecular flexibility index (Phi) is 4.66. The zero-order valence-corrected chi connectivity index (χ0v) is 12.4. The molecule has 0 aromatic heterocycles. The quantitative estimate of drug-likeness (QED) is 0.796. The van der Waals surface area contributed by atoms with E-state index in [0.29, 0.717) is 18.0 Å². The summed E-state index contributed by atoms with van der Waals surface area (Å²) in [6.45, 7) is 5.37. The van der Waals surface area contributed by atoms with Gasteiger partial charge in [-0.15, -0.1) is 0 Å². The molecule has 0 aliphatic carbocycles. The molecule has 2 aliphatic heterocycles. The SMILES string of the molecule is O=C(CCN1CCCN2CCCC2C1)c1cccc(F)c1. The van der Waals surface area contributed by atoms with Crippen LogP contribution in [-0.2, 0) is 0 Å². The van der Waals surface area contributed by atoms with E-state index >= 15 is 0 Å². The number of ketones is 1. The number of benzene rings is 1. The Hall–Kier alpha value is -1.26. The average Bonchev–Trinajstić information content (AvgIpc) is 2.83. The highest BCUT2D eigenvalue weighted by Gasteiger charge is 2.28. The van der Waals surface area contributed by atoms with Gasteiger partial charge in [-0.05, 0) is 51.0 Å². The lowest BCUT2D eigenvalue weighted by Gasteiger charge is -2.25. The van der Waals surface area contributed by atoms with Gasteiger partial charge in [-0.1, -0.05) is 12.1 Å². The van der Waals surface area contributed by atoms with Crippen LogP contribution in [-0.4, -0.2) is 54.3 Å². The molecule has 2 saturated heterocycles. The number of Topliss-reactive ketones (excluding diaryl/α,β-unsaturated/α-hetero) is 1. The molecule has 0 spiro atoms. The summed E-state index contributed by atoms with van der Waals surface area (Å²) >= 11 is 0. The van der Waals surface area contributed by atoms with Gasteiger partial charge in [0.15, 0.2) is 5.78 Å². The second kappa shape index (κ2) is 6.67. The maximum absolute atomic E-state index is 13.2. The van der Waals surface area contributed by atoms with Crippen LogP contribution < -0.4 is 0 Å². The Bertz CT molecular complexity index is 505.